The highest BCUT2D eigenvalue weighted by atomic mass is 16.3. The Morgan fingerprint density at radius 1 is 0.400 bits per heavy atom. The normalized spacial score (nSPS) is 17.9. The minimum atomic E-state index is -1.77. The van der Waals surface area contributed by atoms with Gasteiger partial charge in [-0.2, -0.15) is 9.15 Å². The van der Waals surface area contributed by atoms with Crippen LogP contribution in [0, 0.1) is 0 Å². The number of aliphatic hydroxyl groups excluding tert-OH is 4. The number of aliphatic hydroxyl groups is 4. The van der Waals surface area contributed by atoms with E-state index in [1.54, 1.807) is 0 Å². The van der Waals surface area contributed by atoms with Crippen LogP contribution in [-0.2, 0) is 0 Å². The lowest BCUT2D eigenvalue weighted by Crippen LogP contribution is -2.57. The molecule has 60 heavy (non-hydrogen) atoms. The molecule has 0 aromatic heterocycles. The van der Waals surface area contributed by atoms with Crippen molar-refractivity contribution in [3.63, 3.8) is 0 Å². The van der Waals surface area contributed by atoms with Crippen molar-refractivity contribution in [2.75, 3.05) is 13.1 Å². The van der Waals surface area contributed by atoms with Crippen molar-refractivity contribution in [3.8, 4) is 0 Å². The van der Waals surface area contributed by atoms with Crippen LogP contribution < -0.4 is 10.2 Å². The molecule has 0 atom stereocenters. The lowest BCUT2D eigenvalue weighted by atomic mass is 9.71. The highest BCUT2D eigenvalue weighted by molar-refractivity contribution is 6.05. The number of hydrogen-bond acceptors (Lipinski definition) is 6. The molecule has 0 amide bonds. The lowest BCUT2D eigenvalue weighted by molar-refractivity contribution is -0.464. The van der Waals surface area contributed by atoms with Crippen LogP contribution in [0.25, 0.3) is 0 Å². The van der Waals surface area contributed by atoms with Crippen LogP contribution in [0.4, 0.5) is 11.4 Å². The van der Waals surface area contributed by atoms with Gasteiger partial charge >= 0.3 is 0 Å². The van der Waals surface area contributed by atoms with Crippen LogP contribution >= 0.6 is 0 Å². The fourth-order valence-corrected chi connectivity index (χ4v) is 8.68. The zero-order valence-electron chi connectivity index (χ0n) is 36.3. The molecule has 0 saturated heterocycles. The number of benzene rings is 2. The number of hydrogen-bond donors (Lipinski definition) is 4. The average molecular weight is 819 g/mol. The summed E-state index contributed by atoms with van der Waals surface area (Å²) in [5.41, 5.74) is 2.10. The molecule has 0 radical (unpaired) electrons. The van der Waals surface area contributed by atoms with Crippen molar-refractivity contribution in [2.24, 2.45) is 0 Å². The summed E-state index contributed by atoms with van der Waals surface area (Å²) in [6, 6.07) is 19.5. The SMILES string of the molecule is CCCCCCCCCCCC[N+](=C1C=C(O)C(=C2C([O-])C(=C3C(O)=CC(=[N+](CCCCCCCCCCCC)c4ccccc4)C=C3O)C2[O-])C(O)=C1)c1ccccc1. The Bertz CT molecular complexity index is 1750. The minimum Gasteiger partial charge on any atom is -0.846 e. The molecule has 2 aromatic rings. The highest BCUT2D eigenvalue weighted by Crippen LogP contribution is 2.42. The Hall–Kier alpha value is -4.66. The molecule has 0 heterocycles. The smallest absolute Gasteiger partial charge is 0.213 e. The summed E-state index contributed by atoms with van der Waals surface area (Å²) in [4.78, 5) is 0. The van der Waals surface area contributed by atoms with E-state index in [4.69, 9.17) is 0 Å². The maximum absolute atomic E-state index is 13.8. The van der Waals surface area contributed by atoms with E-state index >= 15 is 0 Å². The second-order valence-corrected chi connectivity index (χ2v) is 16.7. The van der Waals surface area contributed by atoms with Gasteiger partial charge in [0.25, 0.3) is 0 Å². The largest absolute Gasteiger partial charge is 0.846 e. The molecule has 8 nitrogen and oxygen atoms in total. The van der Waals surface area contributed by atoms with Gasteiger partial charge in [0.15, 0.2) is 0 Å². The van der Waals surface area contributed by atoms with Gasteiger partial charge < -0.3 is 30.6 Å². The molecule has 8 heteroatoms. The summed E-state index contributed by atoms with van der Waals surface area (Å²) >= 11 is 0. The highest BCUT2D eigenvalue weighted by Gasteiger charge is 2.38. The number of nitrogens with zero attached hydrogens (tertiary/aromatic N) is 2. The van der Waals surface area contributed by atoms with Crippen molar-refractivity contribution < 1.29 is 39.8 Å². The number of allylic oxidation sites excluding steroid dienone is 4. The standard InChI is InChI=1S/C52H68N2O6/c1-3-5-7-9-11-13-15-17-19-27-33-53(39-29-23-21-24-30-39)41-35-43(55)47(44(56)36-41)49-51(59)50(52(49)60)48-45(57)37-42(38-46(48)58)54(40-31-25-22-26-32-40)34-28-20-18-16-14-12-10-8-6-4-2/h21-26,29-32,35-38,51-52H,3-20,27-28,33-34H2,1-2H3,(H2,55,56,57,58)/q-2/p+2. The molecule has 0 aliphatic heterocycles. The molecular formula is C52H70N2O6. The molecular weight excluding hydrogens is 749 g/mol. The van der Waals surface area contributed by atoms with E-state index in [0.29, 0.717) is 24.5 Å². The Kier molecular flexibility index (Phi) is 19.0. The minimum absolute atomic E-state index is 0.184. The van der Waals surface area contributed by atoms with Gasteiger partial charge in [-0.25, -0.2) is 0 Å². The predicted octanol–water partition coefficient (Wildman–Crippen LogP) is 11.3. The molecule has 5 rings (SSSR count). The van der Waals surface area contributed by atoms with Crippen LogP contribution in [0.3, 0.4) is 0 Å². The van der Waals surface area contributed by atoms with Crippen molar-refractivity contribution >= 4 is 22.8 Å². The third-order valence-corrected chi connectivity index (χ3v) is 12.1. The Labute approximate surface area is 359 Å². The molecule has 4 N–H and O–H groups in total. The topological polar surface area (TPSA) is 133 Å². The lowest BCUT2D eigenvalue weighted by Gasteiger charge is -2.54. The quantitative estimate of drug-likeness (QED) is 0.0616. The average Bonchev–Trinajstić information content (AvgIpc) is 3.25. The van der Waals surface area contributed by atoms with Crippen molar-refractivity contribution in [2.45, 2.75) is 154 Å². The van der Waals surface area contributed by atoms with Crippen LogP contribution in [0.15, 0.2) is 130 Å². The fraction of sp³-hybridized carbons (Fsp3) is 0.500. The molecule has 0 spiro atoms. The van der Waals surface area contributed by atoms with E-state index in [9.17, 15) is 30.6 Å². The maximum atomic E-state index is 13.8. The number of rotatable bonds is 24. The first-order valence-corrected chi connectivity index (χ1v) is 23.1. The first-order chi connectivity index (χ1) is 29.3. The van der Waals surface area contributed by atoms with Gasteiger partial charge in [-0.1, -0.05) is 176 Å². The van der Waals surface area contributed by atoms with Gasteiger partial charge in [-0.15, -0.1) is 0 Å². The summed E-state index contributed by atoms with van der Waals surface area (Å²) in [5, 5.41) is 73.0. The monoisotopic (exact) mass is 819 g/mol. The summed E-state index contributed by atoms with van der Waals surface area (Å²) in [7, 11) is 0. The molecule has 3 aliphatic rings. The van der Waals surface area contributed by atoms with Crippen molar-refractivity contribution in [1.29, 1.82) is 0 Å². The maximum Gasteiger partial charge on any atom is 0.213 e. The van der Waals surface area contributed by atoms with Crippen LogP contribution in [0.2, 0.25) is 0 Å². The van der Waals surface area contributed by atoms with E-state index in [1.807, 2.05) is 69.8 Å². The van der Waals surface area contributed by atoms with Gasteiger partial charge in [0.05, 0.1) is 35.5 Å². The molecule has 0 unspecified atom stereocenters. The molecule has 324 valence electrons. The summed E-state index contributed by atoms with van der Waals surface area (Å²) in [6.07, 6.45) is 26.6. The Balaban J connectivity index is 1.30. The van der Waals surface area contributed by atoms with Gasteiger partial charge in [0, 0.05) is 37.1 Å². The van der Waals surface area contributed by atoms with E-state index in [2.05, 4.69) is 13.8 Å². The van der Waals surface area contributed by atoms with E-state index < -0.39 is 12.2 Å². The third-order valence-electron chi connectivity index (χ3n) is 12.1. The van der Waals surface area contributed by atoms with Gasteiger partial charge in [0.1, 0.15) is 36.1 Å². The predicted molar refractivity (Wildman–Crippen MR) is 241 cm³/mol. The van der Waals surface area contributed by atoms with Crippen molar-refractivity contribution in [1.82, 2.24) is 0 Å². The van der Waals surface area contributed by atoms with Crippen LogP contribution in [0.5, 0.6) is 0 Å². The zero-order chi connectivity index (χ0) is 42.7. The molecule has 3 aliphatic carbocycles. The molecule has 1 fully saturated rings. The molecule has 1 saturated carbocycles. The van der Waals surface area contributed by atoms with Gasteiger partial charge in [0.2, 0.25) is 22.8 Å². The molecule has 0 bridgehead atoms. The molecule has 2 aromatic carbocycles. The Morgan fingerprint density at radius 2 is 0.667 bits per heavy atom. The summed E-state index contributed by atoms with van der Waals surface area (Å²) in [6.45, 7) is 5.80. The number of unbranched alkanes of at least 4 members (excludes halogenated alkanes) is 18. The second kappa shape index (κ2) is 24.6. The van der Waals surface area contributed by atoms with Crippen LogP contribution in [-0.4, -0.2) is 66.3 Å². The van der Waals surface area contributed by atoms with Gasteiger partial charge in [-0.3, -0.25) is 0 Å². The van der Waals surface area contributed by atoms with Gasteiger partial charge in [-0.05, 0) is 12.8 Å². The van der Waals surface area contributed by atoms with Crippen molar-refractivity contribution in [3.05, 3.63) is 130 Å². The Morgan fingerprint density at radius 3 is 0.950 bits per heavy atom. The van der Waals surface area contributed by atoms with Crippen LogP contribution in [0.1, 0.15) is 142 Å². The summed E-state index contributed by atoms with van der Waals surface area (Å²) < 4.78 is 4.07. The van der Waals surface area contributed by atoms with E-state index in [1.165, 1.54) is 114 Å². The zero-order valence-corrected chi connectivity index (χ0v) is 36.3. The fourth-order valence-electron chi connectivity index (χ4n) is 8.68. The first-order valence-electron chi connectivity index (χ1n) is 23.1. The summed E-state index contributed by atoms with van der Waals surface area (Å²) in [5.74, 6) is -1.45. The van der Waals surface area contributed by atoms with E-state index in [0.717, 1.165) is 49.9 Å². The second-order valence-electron chi connectivity index (χ2n) is 16.7. The third kappa shape index (κ3) is 12.7. The van der Waals surface area contributed by atoms with E-state index in [-0.39, 0.29) is 45.3 Å². The number of para-hydroxylation sites is 2. The first kappa shape index (κ1) is 46.4.